The summed E-state index contributed by atoms with van der Waals surface area (Å²) < 4.78 is 16.7. The number of rotatable bonds is 9. The number of hydrogen-bond acceptors (Lipinski definition) is 7. The molecule has 0 spiro atoms. The summed E-state index contributed by atoms with van der Waals surface area (Å²) in [6.07, 6.45) is 5.38. The first-order valence-electron chi connectivity index (χ1n) is 13.8. The third-order valence-corrected chi connectivity index (χ3v) is 9.49. The molecule has 0 aromatic heterocycles. The van der Waals surface area contributed by atoms with Crippen molar-refractivity contribution < 1.29 is 28.6 Å². The first-order valence-corrected chi connectivity index (χ1v) is 14.1. The Hall–Kier alpha value is -2.64. The minimum Gasteiger partial charge on any atom is -0.465 e. The van der Waals surface area contributed by atoms with Gasteiger partial charge in [-0.2, -0.15) is 0 Å². The molecule has 2 fully saturated rings. The molecule has 8 heteroatoms. The van der Waals surface area contributed by atoms with E-state index in [4.69, 9.17) is 25.8 Å². The summed E-state index contributed by atoms with van der Waals surface area (Å²) in [4.78, 5) is 36.5. The van der Waals surface area contributed by atoms with E-state index in [1.807, 2.05) is 30.3 Å². The van der Waals surface area contributed by atoms with Gasteiger partial charge in [0.05, 0.1) is 5.57 Å². The smallest absolute Gasteiger partial charge is 0.335 e. The van der Waals surface area contributed by atoms with Crippen molar-refractivity contribution in [3.8, 4) is 0 Å². The zero-order valence-corrected chi connectivity index (χ0v) is 24.1. The van der Waals surface area contributed by atoms with Crippen molar-refractivity contribution in [3.05, 3.63) is 58.7 Å². The number of benzene rings is 1. The fraction of sp³-hybridized carbons (Fsp3) is 0.581. The summed E-state index contributed by atoms with van der Waals surface area (Å²) in [6.45, 7) is 12.7. The first kappa shape index (κ1) is 29.3. The normalized spacial score (nSPS) is 31.1. The van der Waals surface area contributed by atoms with Crippen LogP contribution in [0.5, 0.6) is 0 Å². The Morgan fingerprint density at radius 2 is 2.00 bits per heavy atom. The van der Waals surface area contributed by atoms with Crippen LogP contribution >= 0.6 is 11.6 Å². The van der Waals surface area contributed by atoms with Gasteiger partial charge in [0, 0.05) is 36.9 Å². The SMILES string of the molecule is C=C1CC[C@@H]2[C@](C)(COC(C)=O)[C@H](OC(C)=O)CC[C@@]2(C)[C@@H]1CC(NCc1cccc(Cl)c1)C1=CCOC1=O. The second-order valence-corrected chi connectivity index (χ2v) is 12.2. The quantitative estimate of drug-likeness (QED) is 0.241. The van der Waals surface area contributed by atoms with E-state index in [9.17, 15) is 14.4 Å². The van der Waals surface area contributed by atoms with E-state index in [-0.39, 0.29) is 60.5 Å². The van der Waals surface area contributed by atoms with Gasteiger partial charge in [-0.15, -0.1) is 0 Å². The molecule has 3 aliphatic rings. The molecule has 2 aliphatic carbocycles. The second kappa shape index (κ2) is 11.8. The summed E-state index contributed by atoms with van der Waals surface area (Å²) in [7, 11) is 0. The standard InChI is InChI=1S/C31H40ClNO6/c1-19-9-10-27-30(4,13-11-28(39-21(3)35)31(27,5)18-38-20(2)34)25(19)16-26(24-12-14-37-29(24)36)33-17-22-7-6-8-23(32)15-22/h6-8,12,15,25-28,33H,1,9-11,13-14,16-18H2,2-5H3/t25-,26?,27+,28-,30+,31+/m1/s1. The van der Waals surface area contributed by atoms with E-state index in [1.165, 1.54) is 13.8 Å². The average molecular weight is 558 g/mol. The van der Waals surface area contributed by atoms with Crippen LogP contribution in [-0.4, -0.2) is 43.3 Å². The third kappa shape index (κ3) is 6.25. The molecule has 0 radical (unpaired) electrons. The number of ether oxygens (including phenoxy) is 3. The Labute approximate surface area is 236 Å². The van der Waals surface area contributed by atoms with Gasteiger partial charge in [-0.1, -0.05) is 49.7 Å². The van der Waals surface area contributed by atoms with Crippen molar-refractivity contribution >= 4 is 29.5 Å². The van der Waals surface area contributed by atoms with Gasteiger partial charge in [-0.3, -0.25) is 9.59 Å². The lowest BCUT2D eigenvalue weighted by molar-refractivity contribution is -0.191. The molecule has 1 aromatic rings. The lowest BCUT2D eigenvalue weighted by Gasteiger charge is -2.60. The lowest BCUT2D eigenvalue weighted by atomic mass is 9.46. The van der Waals surface area contributed by atoms with Crippen LogP contribution < -0.4 is 5.32 Å². The van der Waals surface area contributed by atoms with Gasteiger partial charge in [-0.05, 0) is 73.1 Å². The fourth-order valence-corrected chi connectivity index (χ4v) is 7.57. The number of halogens is 1. The maximum atomic E-state index is 12.7. The average Bonchev–Trinajstić information content (AvgIpc) is 3.29. The van der Waals surface area contributed by atoms with Crippen LogP contribution in [0.4, 0.5) is 0 Å². The molecule has 6 atom stereocenters. The largest absolute Gasteiger partial charge is 0.465 e. The Balaban J connectivity index is 1.64. The Morgan fingerprint density at radius 3 is 2.64 bits per heavy atom. The highest BCUT2D eigenvalue weighted by Crippen LogP contribution is 2.62. The highest BCUT2D eigenvalue weighted by molar-refractivity contribution is 6.30. The van der Waals surface area contributed by atoms with Gasteiger partial charge >= 0.3 is 17.9 Å². The van der Waals surface area contributed by atoms with E-state index in [0.29, 0.717) is 30.0 Å². The molecule has 1 heterocycles. The summed E-state index contributed by atoms with van der Waals surface area (Å²) in [5.74, 6) is -0.751. The van der Waals surface area contributed by atoms with E-state index >= 15 is 0 Å². The molecular weight excluding hydrogens is 518 g/mol. The van der Waals surface area contributed by atoms with Crippen molar-refractivity contribution in [2.45, 2.75) is 78.5 Å². The Kier molecular flexibility index (Phi) is 8.91. The van der Waals surface area contributed by atoms with Crippen LogP contribution in [0.3, 0.4) is 0 Å². The molecule has 2 saturated carbocycles. The first-order chi connectivity index (χ1) is 18.4. The zero-order chi connectivity index (χ0) is 28.4. The van der Waals surface area contributed by atoms with E-state index in [2.05, 4.69) is 25.7 Å². The van der Waals surface area contributed by atoms with Crippen LogP contribution in [0.2, 0.25) is 5.02 Å². The van der Waals surface area contributed by atoms with Gasteiger partial charge in [0.2, 0.25) is 0 Å². The zero-order valence-electron chi connectivity index (χ0n) is 23.4. The summed E-state index contributed by atoms with van der Waals surface area (Å²) >= 11 is 6.21. The second-order valence-electron chi connectivity index (χ2n) is 11.8. The minimum absolute atomic E-state index is 0.0948. The Morgan fingerprint density at radius 1 is 1.23 bits per heavy atom. The number of hydrogen-bond donors (Lipinski definition) is 1. The molecule has 1 unspecified atom stereocenters. The van der Waals surface area contributed by atoms with Crippen molar-refractivity contribution in [3.63, 3.8) is 0 Å². The van der Waals surface area contributed by atoms with Crippen LogP contribution in [0.1, 0.15) is 65.4 Å². The molecule has 212 valence electrons. The number of esters is 3. The van der Waals surface area contributed by atoms with Crippen molar-refractivity contribution in [1.29, 1.82) is 0 Å². The van der Waals surface area contributed by atoms with Crippen molar-refractivity contribution in [1.82, 2.24) is 5.32 Å². The fourth-order valence-electron chi connectivity index (χ4n) is 7.35. The summed E-state index contributed by atoms with van der Waals surface area (Å²) in [6, 6.07) is 7.44. The molecule has 1 N–H and O–H groups in total. The van der Waals surface area contributed by atoms with Crippen molar-refractivity contribution in [2.24, 2.45) is 22.7 Å². The lowest BCUT2D eigenvalue weighted by Crippen LogP contribution is -2.59. The molecule has 0 bridgehead atoms. The Bertz CT molecular complexity index is 1160. The highest BCUT2D eigenvalue weighted by atomic mass is 35.5. The van der Waals surface area contributed by atoms with Crippen LogP contribution in [0.15, 0.2) is 48.1 Å². The number of fused-ring (bicyclic) bond motifs is 1. The van der Waals surface area contributed by atoms with Crippen molar-refractivity contribution in [2.75, 3.05) is 13.2 Å². The van der Waals surface area contributed by atoms with Crippen LogP contribution in [0.25, 0.3) is 0 Å². The monoisotopic (exact) mass is 557 g/mol. The van der Waals surface area contributed by atoms with Gasteiger partial charge in [0.15, 0.2) is 0 Å². The number of carbonyl (C=O) groups is 3. The van der Waals surface area contributed by atoms with Crippen LogP contribution in [-0.2, 0) is 35.1 Å². The molecule has 0 amide bonds. The maximum absolute atomic E-state index is 12.7. The molecule has 1 aromatic carbocycles. The third-order valence-electron chi connectivity index (χ3n) is 9.25. The number of carbonyl (C=O) groups excluding carboxylic acids is 3. The molecule has 39 heavy (non-hydrogen) atoms. The molecular formula is C31H40ClNO6. The number of allylic oxidation sites excluding steroid dienone is 1. The topological polar surface area (TPSA) is 90.9 Å². The van der Waals surface area contributed by atoms with Gasteiger partial charge in [0.1, 0.15) is 19.3 Å². The van der Waals surface area contributed by atoms with E-state index in [1.54, 1.807) is 0 Å². The minimum atomic E-state index is -0.543. The predicted molar refractivity (Wildman–Crippen MR) is 149 cm³/mol. The molecule has 0 saturated heterocycles. The summed E-state index contributed by atoms with van der Waals surface area (Å²) in [5.41, 5.74) is 2.10. The van der Waals surface area contributed by atoms with E-state index in [0.717, 1.165) is 30.4 Å². The van der Waals surface area contributed by atoms with E-state index < -0.39 is 5.41 Å². The van der Waals surface area contributed by atoms with Crippen LogP contribution in [0, 0.1) is 22.7 Å². The molecule has 1 aliphatic heterocycles. The molecule has 4 rings (SSSR count). The van der Waals surface area contributed by atoms with Gasteiger partial charge in [0.25, 0.3) is 0 Å². The predicted octanol–water partition coefficient (Wildman–Crippen LogP) is 5.56. The number of cyclic esters (lactones) is 1. The maximum Gasteiger partial charge on any atom is 0.335 e. The summed E-state index contributed by atoms with van der Waals surface area (Å²) in [5, 5.41) is 4.27. The number of nitrogens with one attached hydrogen (secondary N) is 1. The highest BCUT2D eigenvalue weighted by Gasteiger charge is 2.60. The van der Waals surface area contributed by atoms with Gasteiger partial charge in [-0.25, -0.2) is 4.79 Å². The molecule has 7 nitrogen and oxygen atoms in total. The van der Waals surface area contributed by atoms with Gasteiger partial charge < -0.3 is 19.5 Å².